The molecule has 17 heavy (non-hydrogen) atoms. The molecule has 1 amide bonds. The van der Waals surface area contributed by atoms with Crippen molar-refractivity contribution in [3.63, 3.8) is 0 Å². The molecule has 1 aromatic rings. The minimum Gasteiger partial charge on any atom is -0.322 e. The van der Waals surface area contributed by atoms with E-state index in [0.717, 1.165) is 0 Å². The fourth-order valence-electron chi connectivity index (χ4n) is 1.33. The van der Waals surface area contributed by atoms with Crippen LogP contribution in [0.4, 0.5) is 10.1 Å². The number of halogens is 1. The van der Waals surface area contributed by atoms with Crippen LogP contribution < -0.4 is 5.32 Å². The van der Waals surface area contributed by atoms with Gasteiger partial charge in [0.15, 0.2) is 0 Å². The van der Waals surface area contributed by atoms with Crippen LogP contribution in [-0.2, 0) is 4.79 Å². The first-order valence-electron chi connectivity index (χ1n) is 5.42. The number of hydrogen-bond donors (Lipinski definition) is 1. The standard InChI is InChI=1S/C13H15FN2O/c1-4-13(3,8-15)12(17)16-11-9(2)6-5-7-10(11)14/h5-7H,4H2,1-3H3,(H,16,17). The molecule has 1 N–H and O–H groups in total. The van der Waals surface area contributed by atoms with E-state index in [1.54, 1.807) is 32.9 Å². The van der Waals surface area contributed by atoms with Gasteiger partial charge in [0.2, 0.25) is 5.91 Å². The van der Waals surface area contributed by atoms with E-state index >= 15 is 0 Å². The van der Waals surface area contributed by atoms with Crippen molar-refractivity contribution in [1.82, 2.24) is 0 Å². The maximum absolute atomic E-state index is 13.5. The van der Waals surface area contributed by atoms with Gasteiger partial charge in [-0.3, -0.25) is 4.79 Å². The summed E-state index contributed by atoms with van der Waals surface area (Å²) in [6, 6.07) is 6.50. The molecule has 0 aliphatic carbocycles. The Morgan fingerprint density at radius 3 is 2.71 bits per heavy atom. The van der Waals surface area contributed by atoms with Crippen molar-refractivity contribution < 1.29 is 9.18 Å². The first kappa shape index (κ1) is 13.2. The molecule has 0 saturated heterocycles. The maximum Gasteiger partial charge on any atom is 0.244 e. The average molecular weight is 234 g/mol. The van der Waals surface area contributed by atoms with Gasteiger partial charge in [0.05, 0.1) is 11.8 Å². The van der Waals surface area contributed by atoms with Crippen LogP contribution in [0.2, 0.25) is 0 Å². The van der Waals surface area contributed by atoms with Crippen molar-refractivity contribution in [1.29, 1.82) is 5.26 Å². The zero-order valence-corrected chi connectivity index (χ0v) is 10.2. The largest absolute Gasteiger partial charge is 0.322 e. The smallest absolute Gasteiger partial charge is 0.244 e. The van der Waals surface area contributed by atoms with Crippen LogP contribution in [0.1, 0.15) is 25.8 Å². The van der Waals surface area contributed by atoms with Crippen molar-refractivity contribution in [2.45, 2.75) is 27.2 Å². The summed E-state index contributed by atoms with van der Waals surface area (Å²) in [4.78, 5) is 11.9. The molecule has 1 unspecified atom stereocenters. The molecule has 0 aliphatic heterocycles. The molecule has 4 heteroatoms. The third-order valence-corrected chi connectivity index (χ3v) is 2.92. The number of nitriles is 1. The molecule has 0 saturated carbocycles. The van der Waals surface area contributed by atoms with Gasteiger partial charge in [-0.05, 0) is 31.9 Å². The number of carbonyl (C=O) groups excluding carboxylic acids is 1. The van der Waals surface area contributed by atoms with Gasteiger partial charge in [0.1, 0.15) is 11.2 Å². The van der Waals surface area contributed by atoms with E-state index in [0.29, 0.717) is 12.0 Å². The molecule has 0 spiro atoms. The second kappa shape index (κ2) is 4.96. The SMILES string of the molecule is CCC(C)(C#N)C(=O)Nc1c(C)cccc1F. The van der Waals surface area contributed by atoms with Gasteiger partial charge in [0, 0.05) is 0 Å². The highest BCUT2D eigenvalue weighted by Crippen LogP contribution is 2.25. The molecule has 0 aromatic heterocycles. The summed E-state index contributed by atoms with van der Waals surface area (Å²) in [7, 11) is 0. The Hall–Kier alpha value is -1.89. The highest BCUT2D eigenvalue weighted by Gasteiger charge is 2.31. The highest BCUT2D eigenvalue weighted by atomic mass is 19.1. The quantitative estimate of drug-likeness (QED) is 0.874. The number of para-hydroxylation sites is 1. The number of anilines is 1. The number of nitrogens with one attached hydrogen (secondary N) is 1. The topological polar surface area (TPSA) is 52.9 Å². The molecule has 1 aromatic carbocycles. The Morgan fingerprint density at radius 1 is 1.59 bits per heavy atom. The van der Waals surface area contributed by atoms with Crippen molar-refractivity contribution in [3.05, 3.63) is 29.6 Å². The molecular formula is C13H15FN2O. The third kappa shape index (κ3) is 2.62. The van der Waals surface area contributed by atoms with Crippen LogP contribution in [0.3, 0.4) is 0 Å². The number of nitrogens with zero attached hydrogens (tertiary/aromatic N) is 1. The van der Waals surface area contributed by atoms with Gasteiger partial charge in [-0.1, -0.05) is 19.1 Å². The number of carbonyl (C=O) groups is 1. The second-order valence-electron chi connectivity index (χ2n) is 4.18. The lowest BCUT2D eigenvalue weighted by molar-refractivity contribution is -0.122. The van der Waals surface area contributed by atoms with E-state index in [1.165, 1.54) is 6.07 Å². The van der Waals surface area contributed by atoms with Gasteiger partial charge in [-0.25, -0.2) is 4.39 Å². The summed E-state index contributed by atoms with van der Waals surface area (Å²) in [5.74, 6) is -0.967. The zero-order chi connectivity index (χ0) is 13.1. The predicted molar refractivity (Wildman–Crippen MR) is 63.8 cm³/mol. The van der Waals surface area contributed by atoms with Crippen LogP contribution in [0.25, 0.3) is 0 Å². The third-order valence-electron chi connectivity index (χ3n) is 2.92. The Morgan fingerprint density at radius 2 is 2.24 bits per heavy atom. The van der Waals surface area contributed by atoms with Gasteiger partial charge < -0.3 is 5.32 Å². The molecule has 0 heterocycles. The Labute approximate surface area is 100 Å². The Bertz CT molecular complexity index is 459. The van der Waals surface area contributed by atoms with Crippen molar-refractivity contribution in [2.75, 3.05) is 5.32 Å². The summed E-state index contributed by atoms with van der Waals surface area (Å²) >= 11 is 0. The summed E-state index contributed by atoms with van der Waals surface area (Å²) in [6.07, 6.45) is 0.378. The predicted octanol–water partition coefficient (Wildman–Crippen LogP) is 3.01. The van der Waals surface area contributed by atoms with Gasteiger partial charge in [0.25, 0.3) is 0 Å². The fraction of sp³-hybridized carbons (Fsp3) is 0.385. The van der Waals surface area contributed by atoms with E-state index in [1.807, 2.05) is 6.07 Å². The summed E-state index contributed by atoms with van der Waals surface area (Å²) < 4.78 is 13.5. The zero-order valence-electron chi connectivity index (χ0n) is 10.2. The first-order valence-corrected chi connectivity index (χ1v) is 5.42. The van der Waals surface area contributed by atoms with E-state index in [4.69, 9.17) is 5.26 Å². The van der Waals surface area contributed by atoms with Crippen molar-refractivity contribution in [2.24, 2.45) is 5.41 Å². The van der Waals surface area contributed by atoms with Crippen molar-refractivity contribution >= 4 is 11.6 Å². The lowest BCUT2D eigenvalue weighted by Crippen LogP contribution is -2.32. The van der Waals surface area contributed by atoms with Crippen LogP contribution in [-0.4, -0.2) is 5.91 Å². The maximum atomic E-state index is 13.5. The summed E-state index contributed by atoms with van der Waals surface area (Å²) in [6.45, 7) is 4.99. The molecule has 90 valence electrons. The number of rotatable bonds is 3. The molecule has 1 rings (SSSR count). The normalized spacial score (nSPS) is 13.6. The van der Waals surface area contributed by atoms with E-state index in [2.05, 4.69) is 5.32 Å². The molecular weight excluding hydrogens is 219 g/mol. The number of amides is 1. The van der Waals surface area contributed by atoms with Gasteiger partial charge in [-0.15, -0.1) is 0 Å². The minimum atomic E-state index is -1.13. The Balaban J connectivity index is 3.01. The van der Waals surface area contributed by atoms with Crippen molar-refractivity contribution in [3.8, 4) is 6.07 Å². The van der Waals surface area contributed by atoms with Crippen LogP contribution in [0.5, 0.6) is 0 Å². The van der Waals surface area contributed by atoms with E-state index < -0.39 is 17.1 Å². The minimum absolute atomic E-state index is 0.146. The van der Waals surface area contributed by atoms with Gasteiger partial charge in [-0.2, -0.15) is 5.26 Å². The van der Waals surface area contributed by atoms with Gasteiger partial charge >= 0.3 is 0 Å². The lowest BCUT2D eigenvalue weighted by atomic mass is 9.88. The van der Waals surface area contributed by atoms with E-state index in [9.17, 15) is 9.18 Å². The highest BCUT2D eigenvalue weighted by molar-refractivity contribution is 5.97. The second-order valence-corrected chi connectivity index (χ2v) is 4.18. The monoisotopic (exact) mass is 234 g/mol. The first-order chi connectivity index (χ1) is 7.94. The number of aryl methyl sites for hydroxylation is 1. The fourth-order valence-corrected chi connectivity index (χ4v) is 1.33. The lowest BCUT2D eigenvalue weighted by Gasteiger charge is -2.19. The molecule has 0 aliphatic rings. The van der Waals surface area contributed by atoms with Crippen LogP contribution in [0.15, 0.2) is 18.2 Å². The van der Waals surface area contributed by atoms with Crippen LogP contribution in [0, 0.1) is 29.5 Å². The Kier molecular flexibility index (Phi) is 3.84. The molecule has 0 radical (unpaired) electrons. The summed E-state index contributed by atoms with van der Waals surface area (Å²) in [5, 5.41) is 11.5. The van der Waals surface area contributed by atoms with E-state index in [-0.39, 0.29) is 5.69 Å². The number of benzene rings is 1. The average Bonchev–Trinajstić information content (AvgIpc) is 2.32. The van der Waals surface area contributed by atoms with Crippen LogP contribution >= 0.6 is 0 Å². The molecule has 0 bridgehead atoms. The molecule has 3 nitrogen and oxygen atoms in total. The number of hydrogen-bond acceptors (Lipinski definition) is 2. The summed E-state index contributed by atoms with van der Waals surface area (Å²) in [5.41, 5.74) is -0.350. The molecule has 0 fully saturated rings. The molecule has 1 atom stereocenters.